The van der Waals surface area contributed by atoms with Gasteiger partial charge in [0, 0.05) is 28.4 Å². The van der Waals surface area contributed by atoms with Gasteiger partial charge in [-0.1, -0.05) is 35.0 Å². The van der Waals surface area contributed by atoms with Gasteiger partial charge in [-0.2, -0.15) is 0 Å². The van der Waals surface area contributed by atoms with E-state index in [1.54, 1.807) is 30.3 Å². The lowest BCUT2D eigenvalue weighted by Gasteiger charge is -2.20. The van der Waals surface area contributed by atoms with E-state index in [9.17, 15) is 9.59 Å². The Kier molecular flexibility index (Phi) is 5.31. The Labute approximate surface area is 163 Å². The van der Waals surface area contributed by atoms with Crippen LogP contribution >= 0.6 is 0 Å². The van der Waals surface area contributed by atoms with E-state index in [0.29, 0.717) is 16.9 Å². The zero-order valence-corrected chi connectivity index (χ0v) is 16.4. The molecule has 0 spiro atoms. The predicted molar refractivity (Wildman–Crippen MR) is 108 cm³/mol. The quantitative estimate of drug-likeness (QED) is 0.704. The van der Waals surface area contributed by atoms with Crippen molar-refractivity contribution in [1.29, 1.82) is 0 Å². The average Bonchev–Trinajstić information content (AvgIpc) is 3.12. The van der Waals surface area contributed by atoms with Crippen molar-refractivity contribution in [3.63, 3.8) is 0 Å². The molecule has 1 heterocycles. The summed E-state index contributed by atoms with van der Waals surface area (Å²) in [5.74, 6) is -0.453. The number of carbonyl (C=O) groups is 2. The molecule has 0 atom stereocenters. The van der Waals surface area contributed by atoms with Crippen molar-refractivity contribution in [2.24, 2.45) is 0 Å². The van der Waals surface area contributed by atoms with Crippen molar-refractivity contribution >= 4 is 17.5 Å². The summed E-state index contributed by atoms with van der Waals surface area (Å²) in [7, 11) is 0. The molecule has 0 aliphatic heterocycles. The molecule has 2 amide bonds. The molecule has 0 aliphatic carbocycles. The second-order valence-corrected chi connectivity index (χ2v) is 7.68. The van der Waals surface area contributed by atoms with E-state index in [0.717, 1.165) is 11.1 Å². The maximum atomic E-state index is 12.4. The molecule has 3 rings (SSSR count). The van der Waals surface area contributed by atoms with Gasteiger partial charge in [-0.3, -0.25) is 9.59 Å². The van der Waals surface area contributed by atoms with Crippen LogP contribution < -0.4 is 10.6 Å². The molecule has 2 aromatic carbocycles. The molecular formula is C22H23N3O3. The zero-order valence-electron chi connectivity index (χ0n) is 16.4. The maximum Gasteiger partial charge on any atom is 0.294 e. The van der Waals surface area contributed by atoms with Gasteiger partial charge in [-0.25, -0.2) is 0 Å². The van der Waals surface area contributed by atoms with Crippen LogP contribution in [0.4, 0.5) is 5.69 Å². The van der Waals surface area contributed by atoms with Crippen molar-refractivity contribution in [3.05, 3.63) is 71.5 Å². The first-order chi connectivity index (χ1) is 13.2. The number of nitrogens with one attached hydrogen (secondary N) is 2. The van der Waals surface area contributed by atoms with Crippen LogP contribution in [-0.4, -0.2) is 22.5 Å². The van der Waals surface area contributed by atoms with Crippen LogP contribution in [0, 0.1) is 6.92 Å². The molecule has 0 fully saturated rings. The molecule has 3 aromatic rings. The number of benzene rings is 2. The smallest absolute Gasteiger partial charge is 0.294 e. The highest BCUT2D eigenvalue weighted by atomic mass is 16.5. The minimum atomic E-state index is -0.405. The van der Waals surface area contributed by atoms with Crippen LogP contribution in [0.15, 0.2) is 59.1 Å². The van der Waals surface area contributed by atoms with Crippen LogP contribution in [-0.2, 0) is 0 Å². The number of aryl methyl sites for hydroxylation is 1. The van der Waals surface area contributed by atoms with Gasteiger partial charge in [0.05, 0.1) is 0 Å². The van der Waals surface area contributed by atoms with Crippen molar-refractivity contribution < 1.29 is 14.1 Å². The number of nitrogens with zero attached hydrogens (tertiary/aromatic N) is 1. The summed E-state index contributed by atoms with van der Waals surface area (Å²) in [5, 5.41) is 9.60. The van der Waals surface area contributed by atoms with Gasteiger partial charge in [0.2, 0.25) is 5.76 Å². The Morgan fingerprint density at radius 2 is 1.57 bits per heavy atom. The fourth-order valence-electron chi connectivity index (χ4n) is 2.55. The SMILES string of the molecule is Cc1ccc(-c2cc(C(=O)Nc3ccc(C(=O)NC(C)(C)C)cc3)on2)cc1. The van der Waals surface area contributed by atoms with Gasteiger partial charge in [0.25, 0.3) is 11.8 Å². The van der Waals surface area contributed by atoms with Crippen molar-refractivity contribution in [1.82, 2.24) is 10.5 Å². The highest BCUT2D eigenvalue weighted by Crippen LogP contribution is 2.20. The molecule has 0 saturated heterocycles. The lowest BCUT2D eigenvalue weighted by Crippen LogP contribution is -2.40. The second kappa shape index (κ2) is 7.68. The zero-order chi connectivity index (χ0) is 20.3. The molecule has 0 unspecified atom stereocenters. The summed E-state index contributed by atoms with van der Waals surface area (Å²) in [6, 6.07) is 16.1. The summed E-state index contributed by atoms with van der Waals surface area (Å²) >= 11 is 0. The van der Waals surface area contributed by atoms with E-state index in [1.807, 2.05) is 52.0 Å². The number of rotatable bonds is 4. The van der Waals surface area contributed by atoms with E-state index in [4.69, 9.17) is 4.52 Å². The van der Waals surface area contributed by atoms with Crippen molar-refractivity contribution in [2.75, 3.05) is 5.32 Å². The van der Waals surface area contributed by atoms with Crippen LogP contribution in [0.5, 0.6) is 0 Å². The number of carbonyl (C=O) groups excluding carboxylic acids is 2. The summed E-state index contributed by atoms with van der Waals surface area (Å²) in [6.07, 6.45) is 0. The monoisotopic (exact) mass is 377 g/mol. The summed E-state index contributed by atoms with van der Waals surface area (Å²) in [4.78, 5) is 24.5. The largest absolute Gasteiger partial charge is 0.350 e. The van der Waals surface area contributed by atoms with E-state index in [2.05, 4.69) is 15.8 Å². The molecule has 144 valence electrons. The number of amides is 2. The lowest BCUT2D eigenvalue weighted by atomic mass is 10.1. The molecular weight excluding hydrogens is 354 g/mol. The van der Waals surface area contributed by atoms with E-state index < -0.39 is 5.91 Å². The fraction of sp³-hybridized carbons (Fsp3) is 0.227. The van der Waals surface area contributed by atoms with Gasteiger partial charge in [0.15, 0.2) is 0 Å². The molecule has 6 heteroatoms. The Hall–Kier alpha value is -3.41. The molecule has 0 radical (unpaired) electrons. The molecule has 0 aliphatic rings. The summed E-state index contributed by atoms with van der Waals surface area (Å²) in [6.45, 7) is 7.76. The Morgan fingerprint density at radius 3 is 2.18 bits per heavy atom. The third kappa shape index (κ3) is 4.85. The van der Waals surface area contributed by atoms with Crippen LogP contribution in [0.3, 0.4) is 0 Å². The van der Waals surface area contributed by atoms with Crippen LogP contribution in [0.1, 0.15) is 47.2 Å². The number of hydrogen-bond donors (Lipinski definition) is 2. The minimum Gasteiger partial charge on any atom is -0.350 e. The van der Waals surface area contributed by atoms with Gasteiger partial charge in [-0.05, 0) is 52.0 Å². The number of hydrogen-bond acceptors (Lipinski definition) is 4. The van der Waals surface area contributed by atoms with Crippen molar-refractivity contribution in [2.45, 2.75) is 33.2 Å². The normalized spacial score (nSPS) is 11.1. The standard InChI is InChI=1S/C22H23N3O3/c1-14-5-7-15(8-6-14)18-13-19(28-25-18)21(27)23-17-11-9-16(10-12-17)20(26)24-22(2,3)4/h5-13H,1-4H3,(H,23,27)(H,24,26). The number of aromatic nitrogens is 1. The molecule has 1 aromatic heterocycles. The first kappa shape index (κ1) is 19.4. The maximum absolute atomic E-state index is 12.4. The Bertz CT molecular complexity index is 981. The van der Waals surface area contributed by atoms with E-state index >= 15 is 0 Å². The summed E-state index contributed by atoms with van der Waals surface area (Å²) in [5.41, 5.74) is 3.39. The minimum absolute atomic E-state index is 0.116. The molecule has 2 N–H and O–H groups in total. The first-order valence-corrected chi connectivity index (χ1v) is 8.99. The molecule has 6 nitrogen and oxygen atoms in total. The molecule has 0 saturated carbocycles. The Balaban J connectivity index is 1.66. The fourth-order valence-corrected chi connectivity index (χ4v) is 2.55. The third-order valence-corrected chi connectivity index (χ3v) is 3.97. The Morgan fingerprint density at radius 1 is 0.929 bits per heavy atom. The predicted octanol–water partition coefficient (Wildman–Crippen LogP) is 4.43. The molecule has 28 heavy (non-hydrogen) atoms. The van der Waals surface area contributed by atoms with E-state index in [-0.39, 0.29) is 17.2 Å². The van der Waals surface area contributed by atoms with Gasteiger partial charge >= 0.3 is 0 Å². The third-order valence-electron chi connectivity index (χ3n) is 3.97. The lowest BCUT2D eigenvalue weighted by molar-refractivity contribution is 0.0919. The van der Waals surface area contributed by atoms with Crippen LogP contribution in [0.2, 0.25) is 0 Å². The van der Waals surface area contributed by atoms with Crippen LogP contribution in [0.25, 0.3) is 11.3 Å². The average molecular weight is 377 g/mol. The van der Waals surface area contributed by atoms with E-state index in [1.165, 1.54) is 0 Å². The highest BCUT2D eigenvalue weighted by Gasteiger charge is 2.16. The first-order valence-electron chi connectivity index (χ1n) is 8.99. The topological polar surface area (TPSA) is 84.2 Å². The van der Waals surface area contributed by atoms with Gasteiger partial charge in [0.1, 0.15) is 5.69 Å². The number of anilines is 1. The van der Waals surface area contributed by atoms with Gasteiger partial charge in [-0.15, -0.1) is 0 Å². The summed E-state index contributed by atoms with van der Waals surface area (Å²) < 4.78 is 5.17. The van der Waals surface area contributed by atoms with Crippen molar-refractivity contribution in [3.8, 4) is 11.3 Å². The second-order valence-electron chi connectivity index (χ2n) is 7.68. The molecule has 0 bridgehead atoms. The highest BCUT2D eigenvalue weighted by molar-refractivity contribution is 6.03. The van der Waals surface area contributed by atoms with Gasteiger partial charge < -0.3 is 15.2 Å².